The van der Waals surface area contributed by atoms with Gasteiger partial charge in [0.05, 0.1) is 0 Å². The Balaban J connectivity index is 1.87. The molecule has 0 bridgehead atoms. The molecule has 1 fully saturated rings. The van der Waals surface area contributed by atoms with Crippen molar-refractivity contribution in [3.63, 3.8) is 0 Å². The Labute approximate surface area is 122 Å². The number of aliphatic imine (C=N–C) groups is 1. The van der Waals surface area contributed by atoms with E-state index >= 15 is 0 Å². The highest BCUT2D eigenvalue weighted by Crippen LogP contribution is 2.42. The van der Waals surface area contributed by atoms with Crippen molar-refractivity contribution >= 4 is 5.71 Å². The van der Waals surface area contributed by atoms with E-state index in [-0.39, 0.29) is 0 Å². The first kappa shape index (κ1) is 13.6. The standard InChI is InChI=1S/C19H25N/c1-12-5-7-16(8-6-12)11-17-14(3)15(4)20-19-10-13(2)9-18(17)19/h5-8,13,17-18H,9-11H2,1-4H3/t13-,17?,18-/m1/s1. The minimum atomic E-state index is 0.662. The third kappa shape index (κ3) is 2.46. The summed E-state index contributed by atoms with van der Waals surface area (Å²) >= 11 is 0. The van der Waals surface area contributed by atoms with E-state index < -0.39 is 0 Å². The molecule has 0 spiro atoms. The smallest absolute Gasteiger partial charge is 0.0364 e. The fourth-order valence-electron chi connectivity index (χ4n) is 3.83. The number of hydrogen-bond acceptors (Lipinski definition) is 1. The number of fused-ring (bicyclic) bond motifs is 1. The Morgan fingerprint density at radius 1 is 1.10 bits per heavy atom. The summed E-state index contributed by atoms with van der Waals surface area (Å²) in [5.41, 5.74) is 7.06. The molecule has 1 heterocycles. The number of rotatable bonds is 2. The van der Waals surface area contributed by atoms with Gasteiger partial charge in [-0.2, -0.15) is 0 Å². The summed E-state index contributed by atoms with van der Waals surface area (Å²) in [6.07, 6.45) is 3.69. The normalized spacial score (nSPS) is 29.4. The molecular formula is C19H25N. The van der Waals surface area contributed by atoms with Crippen LogP contribution in [-0.4, -0.2) is 5.71 Å². The molecule has 20 heavy (non-hydrogen) atoms. The molecule has 1 nitrogen and oxygen atoms in total. The molecule has 1 aromatic carbocycles. The van der Waals surface area contributed by atoms with Gasteiger partial charge in [0.1, 0.15) is 0 Å². The van der Waals surface area contributed by atoms with Crippen LogP contribution in [0.3, 0.4) is 0 Å². The lowest BCUT2D eigenvalue weighted by Crippen LogP contribution is -2.26. The van der Waals surface area contributed by atoms with Crippen molar-refractivity contribution in [2.24, 2.45) is 22.7 Å². The third-order valence-corrected chi connectivity index (χ3v) is 5.14. The molecule has 1 saturated carbocycles. The monoisotopic (exact) mass is 267 g/mol. The molecule has 0 amide bonds. The minimum absolute atomic E-state index is 0.662. The number of allylic oxidation sites excluding steroid dienone is 2. The van der Waals surface area contributed by atoms with E-state index in [2.05, 4.69) is 52.0 Å². The first-order valence-electron chi connectivity index (χ1n) is 7.85. The predicted octanol–water partition coefficient (Wildman–Crippen LogP) is 4.95. The molecule has 1 unspecified atom stereocenters. The second-order valence-electron chi connectivity index (χ2n) is 6.82. The molecule has 1 aromatic rings. The molecule has 3 rings (SSSR count). The van der Waals surface area contributed by atoms with Gasteiger partial charge in [-0.15, -0.1) is 0 Å². The van der Waals surface area contributed by atoms with Crippen LogP contribution in [-0.2, 0) is 6.42 Å². The Hall–Kier alpha value is -1.37. The van der Waals surface area contributed by atoms with E-state index in [1.54, 1.807) is 0 Å². The minimum Gasteiger partial charge on any atom is -0.262 e. The van der Waals surface area contributed by atoms with Crippen molar-refractivity contribution in [1.82, 2.24) is 0 Å². The lowest BCUT2D eigenvalue weighted by Gasteiger charge is -2.30. The zero-order valence-electron chi connectivity index (χ0n) is 13.1. The van der Waals surface area contributed by atoms with Crippen LogP contribution in [0.25, 0.3) is 0 Å². The van der Waals surface area contributed by atoms with Crippen LogP contribution in [0, 0.1) is 24.7 Å². The molecule has 0 radical (unpaired) electrons. The average Bonchev–Trinajstić information content (AvgIpc) is 2.77. The number of nitrogens with zero attached hydrogens (tertiary/aromatic N) is 1. The van der Waals surface area contributed by atoms with Gasteiger partial charge in [0.25, 0.3) is 0 Å². The van der Waals surface area contributed by atoms with Gasteiger partial charge in [-0.05, 0) is 63.0 Å². The zero-order chi connectivity index (χ0) is 14.3. The van der Waals surface area contributed by atoms with Gasteiger partial charge in [-0.3, -0.25) is 4.99 Å². The molecule has 1 aliphatic carbocycles. The van der Waals surface area contributed by atoms with E-state index in [1.165, 1.54) is 47.4 Å². The molecule has 1 aliphatic heterocycles. The maximum absolute atomic E-state index is 4.88. The predicted molar refractivity (Wildman–Crippen MR) is 86.1 cm³/mol. The highest BCUT2D eigenvalue weighted by atomic mass is 14.8. The number of aryl methyl sites for hydroxylation is 1. The summed E-state index contributed by atoms with van der Waals surface area (Å²) in [4.78, 5) is 4.88. The van der Waals surface area contributed by atoms with Crippen molar-refractivity contribution in [2.45, 2.75) is 47.0 Å². The van der Waals surface area contributed by atoms with Crippen LogP contribution in [0.4, 0.5) is 0 Å². The van der Waals surface area contributed by atoms with E-state index in [1.807, 2.05) is 0 Å². The molecular weight excluding hydrogens is 242 g/mol. The summed E-state index contributed by atoms with van der Waals surface area (Å²) in [5.74, 6) is 2.16. The highest BCUT2D eigenvalue weighted by Gasteiger charge is 2.37. The van der Waals surface area contributed by atoms with E-state index in [0.29, 0.717) is 11.8 Å². The van der Waals surface area contributed by atoms with E-state index in [0.717, 1.165) is 5.92 Å². The van der Waals surface area contributed by atoms with Crippen LogP contribution in [0.1, 0.15) is 44.7 Å². The van der Waals surface area contributed by atoms with Gasteiger partial charge < -0.3 is 0 Å². The first-order chi connectivity index (χ1) is 9.54. The fourth-order valence-corrected chi connectivity index (χ4v) is 3.83. The van der Waals surface area contributed by atoms with Crippen molar-refractivity contribution in [2.75, 3.05) is 0 Å². The lowest BCUT2D eigenvalue weighted by atomic mass is 9.77. The molecule has 106 valence electrons. The molecule has 0 N–H and O–H groups in total. The van der Waals surface area contributed by atoms with Crippen molar-refractivity contribution in [1.29, 1.82) is 0 Å². The SMILES string of the molecule is CC1=C(C)C(Cc2ccc(C)cc2)[C@H]2C[C@@H](C)CC2=N1. The van der Waals surface area contributed by atoms with Crippen molar-refractivity contribution in [3.05, 3.63) is 46.7 Å². The Bertz CT molecular complexity index is 562. The summed E-state index contributed by atoms with van der Waals surface area (Å²) in [7, 11) is 0. The summed E-state index contributed by atoms with van der Waals surface area (Å²) < 4.78 is 0. The Morgan fingerprint density at radius 3 is 2.50 bits per heavy atom. The van der Waals surface area contributed by atoms with Gasteiger partial charge in [0, 0.05) is 17.3 Å². The molecule has 0 saturated heterocycles. The number of benzene rings is 1. The van der Waals surface area contributed by atoms with Gasteiger partial charge in [-0.1, -0.05) is 36.8 Å². The zero-order valence-corrected chi connectivity index (χ0v) is 13.1. The van der Waals surface area contributed by atoms with Gasteiger partial charge in [0.15, 0.2) is 0 Å². The average molecular weight is 267 g/mol. The molecule has 0 aromatic heterocycles. The second-order valence-corrected chi connectivity index (χ2v) is 6.82. The van der Waals surface area contributed by atoms with Crippen LogP contribution >= 0.6 is 0 Å². The topological polar surface area (TPSA) is 12.4 Å². The quantitative estimate of drug-likeness (QED) is 0.719. The summed E-state index contributed by atoms with van der Waals surface area (Å²) in [6, 6.07) is 9.05. The van der Waals surface area contributed by atoms with Crippen LogP contribution < -0.4 is 0 Å². The van der Waals surface area contributed by atoms with Gasteiger partial charge in [0.2, 0.25) is 0 Å². The van der Waals surface area contributed by atoms with Crippen LogP contribution in [0.2, 0.25) is 0 Å². The van der Waals surface area contributed by atoms with E-state index in [4.69, 9.17) is 4.99 Å². The third-order valence-electron chi connectivity index (χ3n) is 5.14. The van der Waals surface area contributed by atoms with Crippen molar-refractivity contribution < 1.29 is 0 Å². The number of hydrogen-bond donors (Lipinski definition) is 0. The van der Waals surface area contributed by atoms with Gasteiger partial charge in [-0.25, -0.2) is 0 Å². The van der Waals surface area contributed by atoms with Crippen LogP contribution in [0.15, 0.2) is 40.5 Å². The summed E-state index contributed by atoms with van der Waals surface area (Å²) in [5, 5.41) is 0. The molecule has 1 heteroatoms. The van der Waals surface area contributed by atoms with Gasteiger partial charge >= 0.3 is 0 Å². The highest BCUT2D eigenvalue weighted by molar-refractivity contribution is 5.91. The Morgan fingerprint density at radius 2 is 1.80 bits per heavy atom. The maximum Gasteiger partial charge on any atom is 0.0364 e. The largest absolute Gasteiger partial charge is 0.262 e. The molecule has 3 atom stereocenters. The molecule has 2 aliphatic rings. The lowest BCUT2D eigenvalue weighted by molar-refractivity contribution is 0.422. The fraction of sp³-hybridized carbons (Fsp3) is 0.526. The second kappa shape index (κ2) is 5.20. The first-order valence-corrected chi connectivity index (χ1v) is 7.85. The van der Waals surface area contributed by atoms with Crippen molar-refractivity contribution in [3.8, 4) is 0 Å². The van der Waals surface area contributed by atoms with E-state index in [9.17, 15) is 0 Å². The maximum atomic E-state index is 4.88. The summed E-state index contributed by atoms with van der Waals surface area (Å²) in [6.45, 7) is 9.00. The Kier molecular flexibility index (Phi) is 3.54. The van der Waals surface area contributed by atoms with Crippen LogP contribution in [0.5, 0.6) is 0 Å².